The number of hydrogen-bond donors (Lipinski definition) is 2. The predicted octanol–water partition coefficient (Wildman–Crippen LogP) is -0.235. The number of nitrogens with zero attached hydrogens (tertiary/aromatic N) is 2. The monoisotopic (exact) mass is 169 g/mol. The molecule has 0 saturated heterocycles. The van der Waals surface area contributed by atoms with Crippen molar-refractivity contribution in [2.24, 2.45) is 5.73 Å². The Bertz CT molecular complexity index is 234. The third-order valence-electron chi connectivity index (χ3n) is 1.85. The van der Waals surface area contributed by atoms with E-state index in [4.69, 9.17) is 10.8 Å². The lowest BCUT2D eigenvalue weighted by atomic mass is 10.2. The van der Waals surface area contributed by atoms with Gasteiger partial charge in [0, 0.05) is 30.9 Å². The van der Waals surface area contributed by atoms with Gasteiger partial charge in [-0.3, -0.25) is 0 Å². The number of aryl methyl sites for hydroxylation is 1. The minimum Gasteiger partial charge on any atom is -0.395 e. The summed E-state index contributed by atoms with van der Waals surface area (Å²) in [7, 11) is 0. The lowest BCUT2D eigenvalue weighted by Gasteiger charge is -2.09. The quantitative estimate of drug-likeness (QED) is 0.654. The van der Waals surface area contributed by atoms with Gasteiger partial charge in [0.05, 0.1) is 12.9 Å². The molecule has 1 rings (SSSR count). The van der Waals surface area contributed by atoms with Crippen LogP contribution in [-0.2, 0) is 13.0 Å². The summed E-state index contributed by atoms with van der Waals surface area (Å²) in [5.41, 5.74) is 6.68. The summed E-state index contributed by atoms with van der Waals surface area (Å²) in [6.07, 6.45) is 4.25. The molecule has 0 aliphatic heterocycles. The first-order valence-corrected chi connectivity index (χ1v) is 4.13. The summed E-state index contributed by atoms with van der Waals surface area (Å²) >= 11 is 0. The molecule has 0 aliphatic carbocycles. The lowest BCUT2D eigenvalue weighted by Crippen LogP contribution is -2.27. The van der Waals surface area contributed by atoms with Crippen LogP contribution in [0.15, 0.2) is 12.5 Å². The number of aliphatic hydroxyl groups is 1. The maximum atomic E-state index is 8.74. The minimum absolute atomic E-state index is 0.0227. The molecule has 0 fully saturated rings. The van der Waals surface area contributed by atoms with Gasteiger partial charge in [0.25, 0.3) is 0 Å². The second-order valence-electron chi connectivity index (χ2n) is 2.82. The Morgan fingerprint density at radius 3 is 3.08 bits per heavy atom. The second kappa shape index (κ2) is 4.23. The van der Waals surface area contributed by atoms with Gasteiger partial charge < -0.3 is 15.4 Å². The highest BCUT2D eigenvalue weighted by atomic mass is 16.3. The number of rotatable bonds is 4. The van der Waals surface area contributed by atoms with Crippen LogP contribution in [0.3, 0.4) is 0 Å². The Labute approximate surface area is 72.0 Å². The molecule has 1 aromatic rings. The van der Waals surface area contributed by atoms with Crippen LogP contribution in [0.25, 0.3) is 0 Å². The zero-order chi connectivity index (χ0) is 8.97. The number of aliphatic hydroxyl groups excluding tert-OH is 1. The van der Waals surface area contributed by atoms with Crippen LogP contribution in [-0.4, -0.2) is 27.3 Å². The molecule has 0 bridgehead atoms. The fraction of sp³-hybridized carbons (Fsp3) is 0.625. The van der Waals surface area contributed by atoms with E-state index in [0.29, 0.717) is 6.42 Å². The van der Waals surface area contributed by atoms with E-state index in [0.717, 1.165) is 12.2 Å². The summed E-state index contributed by atoms with van der Waals surface area (Å²) in [6.45, 7) is 2.97. The molecule has 1 atom stereocenters. The Morgan fingerprint density at radius 1 is 1.75 bits per heavy atom. The van der Waals surface area contributed by atoms with Gasteiger partial charge >= 0.3 is 0 Å². The number of hydrogen-bond acceptors (Lipinski definition) is 3. The summed E-state index contributed by atoms with van der Waals surface area (Å²) in [5.74, 6) is 0. The summed E-state index contributed by atoms with van der Waals surface area (Å²) in [6, 6.07) is -0.174. The highest BCUT2D eigenvalue weighted by Gasteiger charge is 2.05. The van der Waals surface area contributed by atoms with Crippen LogP contribution in [0.5, 0.6) is 0 Å². The average molecular weight is 169 g/mol. The fourth-order valence-corrected chi connectivity index (χ4v) is 1.14. The molecule has 68 valence electrons. The van der Waals surface area contributed by atoms with E-state index in [1.807, 2.05) is 4.57 Å². The van der Waals surface area contributed by atoms with Crippen molar-refractivity contribution >= 4 is 0 Å². The van der Waals surface area contributed by atoms with Gasteiger partial charge in [0.15, 0.2) is 0 Å². The molecular formula is C8H15N3O. The van der Waals surface area contributed by atoms with E-state index in [1.54, 1.807) is 12.5 Å². The van der Waals surface area contributed by atoms with Crippen LogP contribution in [0.2, 0.25) is 0 Å². The Morgan fingerprint density at radius 2 is 2.50 bits per heavy atom. The maximum Gasteiger partial charge on any atom is 0.0948 e. The molecule has 0 aliphatic rings. The number of aromatic nitrogens is 2. The Balaban J connectivity index is 2.61. The van der Waals surface area contributed by atoms with Crippen LogP contribution >= 0.6 is 0 Å². The standard InChI is InChI=1S/C8H15N3O/c1-2-11-6-10-4-8(11)3-7(9)5-12/h4,6-7,12H,2-3,5,9H2,1H3. The zero-order valence-corrected chi connectivity index (χ0v) is 7.27. The molecule has 3 N–H and O–H groups in total. The van der Waals surface area contributed by atoms with Gasteiger partial charge in [-0.05, 0) is 6.92 Å². The summed E-state index contributed by atoms with van der Waals surface area (Å²) in [5, 5.41) is 8.74. The van der Waals surface area contributed by atoms with E-state index in [9.17, 15) is 0 Å². The first-order valence-electron chi connectivity index (χ1n) is 4.13. The smallest absolute Gasteiger partial charge is 0.0948 e. The van der Waals surface area contributed by atoms with Crippen LogP contribution in [0.4, 0.5) is 0 Å². The van der Waals surface area contributed by atoms with E-state index in [1.165, 1.54) is 0 Å². The van der Waals surface area contributed by atoms with E-state index in [-0.39, 0.29) is 12.6 Å². The molecule has 0 amide bonds. The molecule has 4 heteroatoms. The third-order valence-corrected chi connectivity index (χ3v) is 1.85. The van der Waals surface area contributed by atoms with Gasteiger partial charge in [-0.15, -0.1) is 0 Å². The molecule has 0 saturated carbocycles. The van der Waals surface area contributed by atoms with E-state index >= 15 is 0 Å². The van der Waals surface area contributed by atoms with Gasteiger partial charge in [0.1, 0.15) is 0 Å². The molecule has 1 unspecified atom stereocenters. The van der Waals surface area contributed by atoms with Crippen molar-refractivity contribution in [3.8, 4) is 0 Å². The molecule has 0 spiro atoms. The summed E-state index contributed by atoms with van der Waals surface area (Å²) < 4.78 is 2.02. The van der Waals surface area contributed by atoms with Crippen molar-refractivity contribution in [3.63, 3.8) is 0 Å². The molecule has 12 heavy (non-hydrogen) atoms. The largest absolute Gasteiger partial charge is 0.395 e. The van der Waals surface area contributed by atoms with Crippen molar-refractivity contribution in [2.45, 2.75) is 25.9 Å². The highest BCUT2D eigenvalue weighted by molar-refractivity contribution is 5.00. The van der Waals surface area contributed by atoms with Gasteiger partial charge in [-0.2, -0.15) is 0 Å². The summed E-state index contributed by atoms with van der Waals surface area (Å²) in [4.78, 5) is 4.01. The molecule has 0 aromatic carbocycles. The van der Waals surface area contributed by atoms with Crippen molar-refractivity contribution in [3.05, 3.63) is 18.2 Å². The lowest BCUT2D eigenvalue weighted by molar-refractivity contribution is 0.264. The topological polar surface area (TPSA) is 64.1 Å². The minimum atomic E-state index is -0.174. The number of nitrogens with two attached hydrogens (primary N) is 1. The van der Waals surface area contributed by atoms with Crippen LogP contribution in [0, 0.1) is 0 Å². The van der Waals surface area contributed by atoms with E-state index < -0.39 is 0 Å². The van der Waals surface area contributed by atoms with Crippen molar-refractivity contribution in [2.75, 3.05) is 6.61 Å². The van der Waals surface area contributed by atoms with Gasteiger partial charge in [-0.25, -0.2) is 4.98 Å². The van der Waals surface area contributed by atoms with Crippen molar-refractivity contribution < 1.29 is 5.11 Å². The third kappa shape index (κ3) is 2.06. The SMILES string of the molecule is CCn1cncc1CC(N)CO. The van der Waals surface area contributed by atoms with Gasteiger partial charge in [-0.1, -0.05) is 0 Å². The average Bonchev–Trinajstić information content (AvgIpc) is 2.51. The van der Waals surface area contributed by atoms with Crippen molar-refractivity contribution in [1.29, 1.82) is 0 Å². The normalized spacial score (nSPS) is 13.2. The molecule has 1 aromatic heterocycles. The molecule has 1 heterocycles. The second-order valence-corrected chi connectivity index (χ2v) is 2.82. The van der Waals surface area contributed by atoms with Crippen molar-refractivity contribution in [1.82, 2.24) is 9.55 Å². The zero-order valence-electron chi connectivity index (χ0n) is 7.27. The first kappa shape index (κ1) is 9.22. The van der Waals surface area contributed by atoms with Crippen LogP contribution < -0.4 is 5.73 Å². The number of imidazole rings is 1. The van der Waals surface area contributed by atoms with E-state index in [2.05, 4.69) is 11.9 Å². The van der Waals surface area contributed by atoms with Crippen LogP contribution in [0.1, 0.15) is 12.6 Å². The Hall–Kier alpha value is -0.870. The van der Waals surface area contributed by atoms with Gasteiger partial charge in [0.2, 0.25) is 0 Å². The molecular weight excluding hydrogens is 154 g/mol. The highest BCUT2D eigenvalue weighted by Crippen LogP contribution is 2.01. The molecule has 4 nitrogen and oxygen atoms in total. The molecule has 0 radical (unpaired) electrons. The fourth-order valence-electron chi connectivity index (χ4n) is 1.14. The maximum absolute atomic E-state index is 8.74. The Kier molecular flexibility index (Phi) is 3.25. The first-order chi connectivity index (χ1) is 5.77. The predicted molar refractivity (Wildman–Crippen MR) is 46.7 cm³/mol.